The summed E-state index contributed by atoms with van der Waals surface area (Å²) in [5.41, 5.74) is 3.33. The van der Waals surface area contributed by atoms with Gasteiger partial charge in [0.15, 0.2) is 5.78 Å². The lowest BCUT2D eigenvalue weighted by Gasteiger charge is -2.37. The summed E-state index contributed by atoms with van der Waals surface area (Å²) in [7, 11) is 0. The first-order chi connectivity index (χ1) is 17.3. The Balaban J connectivity index is 1.56. The van der Waals surface area contributed by atoms with Gasteiger partial charge in [-0.3, -0.25) is 9.59 Å². The van der Waals surface area contributed by atoms with Crippen LogP contribution in [0.5, 0.6) is 0 Å². The zero-order valence-corrected chi connectivity index (χ0v) is 19.4. The molecule has 0 aromatic heterocycles. The maximum absolute atomic E-state index is 14.3. The van der Waals surface area contributed by atoms with Crippen molar-refractivity contribution < 1.29 is 22.8 Å². The maximum atomic E-state index is 14.3. The van der Waals surface area contributed by atoms with Crippen molar-refractivity contribution in [3.05, 3.63) is 124 Å². The molecule has 0 bridgehead atoms. The lowest BCUT2D eigenvalue weighted by atomic mass is 9.71. The van der Waals surface area contributed by atoms with Crippen LogP contribution < -0.4 is 10.6 Å². The van der Waals surface area contributed by atoms with Gasteiger partial charge in [0.2, 0.25) is 0 Å². The highest BCUT2D eigenvalue weighted by Gasteiger charge is 2.41. The van der Waals surface area contributed by atoms with E-state index < -0.39 is 29.3 Å². The minimum Gasteiger partial charge on any atom is -0.362 e. The number of carbonyl (C=O) groups is 2. The summed E-state index contributed by atoms with van der Waals surface area (Å²) in [6.45, 7) is 1.72. The highest BCUT2D eigenvalue weighted by molar-refractivity contribution is 6.10. The minimum atomic E-state index is -0.914. The number of carbonyl (C=O) groups excluding carboxylic acids is 2. The number of hydrogen-bond donors (Lipinski definition) is 2. The van der Waals surface area contributed by atoms with Gasteiger partial charge in [-0.1, -0.05) is 42.5 Å². The molecule has 1 amide bonds. The molecule has 3 aromatic rings. The molecule has 36 heavy (non-hydrogen) atoms. The maximum Gasteiger partial charge on any atom is 0.254 e. The van der Waals surface area contributed by atoms with E-state index in [0.29, 0.717) is 29.3 Å². The Kier molecular flexibility index (Phi) is 6.22. The van der Waals surface area contributed by atoms with Crippen molar-refractivity contribution in [2.24, 2.45) is 0 Å². The Bertz CT molecular complexity index is 1410. The van der Waals surface area contributed by atoms with Gasteiger partial charge < -0.3 is 10.6 Å². The van der Waals surface area contributed by atoms with Gasteiger partial charge in [-0.25, -0.2) is 13.2 Å². The number of amides is 1. The number of dihydropyridines is 1. The largest absolute Gasteiger partial charge is 0.362 e. The molecule has 0 radical (unpaired) electrons. The van der Waals surface area contributed by atoms with Crippen LogP contribution in [0.4, 0.5) is 18.9 Å². The predicted octanol–water partition coefficient (Wildman–Crippen LogP) is 6.10. The highest BCUT2D eigenvalue weighted by atomic mass is 19.1. The average Bonchev–Trinajstić information content (AvgIpc) is 2.85. The molecule has 4 nitrogen and oxygen atoms in total. The lowest BCUT2D eigenvalue weighted by molar-refractivity contribution is -0.116. The first kappa shape index (κ1) is 23.6. The van der Waals surface area contributed by atoms with Crippen LogP contribution in [0.2, 0.25) is 0 Å². The Morgan fingerprint density at radius 2 is 1.58 bits per heavy atom. The van der Waals surface area contributed by atoms with E-state index in [2.05, 4.69) is 10.6 Å². The Labute approximate surface area is 206 Å². The van der Waals surface area contributed by atoms with Crippen molar-refractivity contribution in [2.75, 3.05) is 5.32 Å². The summed E-state index contributed by atoms with van der Waals surface area (Å²) < 4.78 is 41.4. The van der Waals surface area contributed by atoms with E-state index in [0.717, 1.165) is 23.4 Å². The molecule has 1 heterocycles. The Morgan fingerprint density at radius 3 is 2.28 bits per heavy atom. The predicted molar refractivity (Wildman–Crippen MR) is 130 cm³/mol. The standard InChI is InChI=1S/C29H23F3N2O2/c1-16-26(29(36)34-23-12-11-21(31)15-22(23)32)27(18-7-9-20(30)10-8-18)28-24(33-16)13-19(14-25(28)35)17-5-3-2-4-6-17/h2-12,15,19,27,33H,13-14H2,1H3,(H,34,36)/t19-,27-/m0/s1. The zero-order valence-electron chi connectivity index (χ0n) is 19.4. The van der Waals surface area contributed by atoms with Crippen LogP contribution in [0.1, 0.15) is 42.7 Å². The van der Waals surface area contributed by atoms with Crippen molar-refractivity contribution in [1.29, 1.82) is 0 Å². The normalized spacial score (nSPS) is 19.6. The van der Waals surface area contributed by atoms with Crippen LogP contribution in [0.25, 0.3) is 0 Å². The monoisotopic (exact) mass is 488 g/mol. The topological polar surface area (TPSA) is 58.2 Å². The van der Waals surface area contributed by atoms with E-state index in [1.54, 1.807) is 19.1 Å². The summed E-state index contributed by atoms with van der Waals surface area (Å²) in [5, 5.41) is 5.76. The van der Waals surface area contributed by atoms with Crippen molar-refractivity contribution in [2.45, 2.75) is 31.6 Å². The van der Waals surface area contributed by atoms with Gasteiger partial charge >= 0.3 is 0 Å². The van der Waals surface area contributed by atoms with Gasteiger partial charge in [0.1, 0.15) is 17.5 Å². The third-order valence-electron chi connectivity index (χ3n) is 6.73. The molecule has 2 N–H and O–H groups in total. The molecule has 1 aliphatic heterocycles. The van der Waals surface area contributed by atoms with Gasteiger partial charge in [-0.05, 0) is 54.7 Å². The van der Waals surface area contributed by atoms with E-state index in [4.69, 9.17) is 0 Å². The van der Waals surface area contributed by atoms with Crippen LogP contribution in [0.15, 0.2) is 95.3 Å². The number of hydrogen-bond acceptors (Lipinski definition) is 3. The summed E-state index contributed by atoms with van der Waals surface area (Å²) >= 11 is 0. The molecule has 0 fully saturated rings. The summed E-state index contributed by atoms with van der Waals surface area (Å²) in [4.78, 5) is 27.0. The number of nitrogens with one attached hydrogen (secondary N) is 2. The smallest absolute Gasteiger partial charge is 0.254 e. The lowest BCUT2D eigenvalue weighted by Crippen LogP contribution is -2.37. The van der Waals surface area contributed by atoms with E-state index in [9.17, 15) is 22.8 Å². The number of halogens is 3. The molecule has 7 heteroatoms. The van der Waals surface area contributed by atoms with Crippen molar-refractivity contribution >= 4 is 17.4 Å². The van der Waals surface area contributed by atoms with Crippen LogP contribution in [-0.2, 0) is 9.59 Å². The number of rotatable bonds is 4. The van der Waals surface area contributed by atoms with Crippen LogP contribution in [-0.4, -0.2) is 11.7 Å². The fourth-order valence-electron chi connectivity index (χ4n) is 5.07. The third-order valence-corrected chi connectivity index (χ3v) is 6.73. The summed E-state index contributed by atoms with van der Waals surface area (Å²) in [5.74, 6) is -3.66. The zero-order chi connectivity index (χ0) is 25.4. The van der Waals surface area contributed by atoms with Crippen LogP contribution in [0.3, 0.4) is 0 Å². The summed E-state index contributed by atoms with van der Waals surface area (Å²) in [6.07, 6.45) is 0.838. The van der Waals surface area contributed by atoms with E-state index >= 15 is 0 Å². The second kappa shape index (κ2) is 9.49. The van der Waals surface area contributed by atoms with Gasteiger partial charge in [-0.2, -0.15) is 0 Å². The van der Waals surface area contributed by atoms with Crippen LogP contribution in [0, 0.1) is 17.5 Å². The molecule has 5 rings (SSSR count). The van der Waals surface area contributed by atoms with Crippen molar-refractivity contribution in [3.63, 3.8) is 0 Å². The van der Waals surface area contributed by atoms with Crippen LogP contribution >= 0.6 is 0 Å². The molecule has 182 valence electrons. The number of anilines is 1. The van der Waals surface area contributed by atoms with Gasteiger partial charge in [-0.15, -0.1) is 0 Å². The second-order valence-electron chi connectivity index (χ2n) is 9.06. The molecular formula is C29H23F3N2O2. The first-order valence-electron chi connectivity index (χ1n) is 11.6. The minimum absolute atomic E-state index is 0.0182. The third kappa shape index (κ3) is 4.44. The van der Waals surface area contributed by atoms with Crippen molar-refractivity contribution in [3.8, 4) is 0 Å². The fourth-order valence-corrected chi connectivity index (χ4v) is 5.07. The number of allylic oxidation sites excluding steroid dienone is 3. The molecular weight excluding hydrogens is 465 g/mol. The number of Topliss-reactive ketones (excluding diaryl/α,β-unsaturated/α-hetero) is 1. The van der Waals surface area contributed by atoms with Gasteiger partial charge in [0.05, 0.1) is 5.69 Å². The second-order valence-corrected chi connectivity index (χ2v) is 9.06. The Morgan fingerprint density at radius 1 is 0.889 bits per heavy atom. The molecule has 0 unspecified atom stereocenters. The summed E-state index contributed by atoms with van der Waals surface area (Å²) in [6, 6.07) is 18.3. The number of ketones is 1. The average molecular weight is 489 g/mol. The molecule has 0 saturated carbocycles. The molecule has 2 aliphatic rings. The first-order valence-corrected chi connectivity index (χ1v) is 11.6. The molecule has 1 aliphatic carbocycles. The quantitative estimate of drug-likeness (QED) is 0.466. The van der Waals surface area contributed by atoms with Gasteiger partial charge in [0.25, 0.3) is 5.91 Å². The SMILES string of the molecule is CC1=C(C(=O)Nc2ccc(F)cc2F)[C@H](c2ccc(F)cc2)C2=C(C[C@H](c3ccccc3)CC2=O)N1. The van der Waals surface area contributed by atoms with E-state index in [1.807, 2.05) is 30.3 Å². The molecule has 0 spiro atoms. The fraction of sp³-hybridized carbons (Fsp3) is 0.172. The van der Waals surface area contributed by atoms with E-state index in [1.165, 1.54) is 12.1 Å². The molecule has 0 saturated heterocycles. The Hall–Kier alpha value is -4.13. The molecule has 2 atom stereocenters. The highest BCUT2D eigenvalue weighted by Crippen LogP contribution is 2.45. The van der Waals surface area contributed by atoms with Crippen molar-refractivity contribution in [1.82, 2.24) is 5.32 Å². The number of benzene rings is 3. The van der Waals surface area contributed by atoms with E-state index in [-0.39, 0.29) is 29.4 Å². The van der Waals surface area contributed by atoms with Gasteiger partial charge in [0, 0.05) is 40.9 Å². The molecule has 3 aromatic carbocycles.